The number of nitrogens with two attached hydrogens (primary N) is 1. The molecule has 2 nitrogen and oxygen atoms in total. The molecule has 2 N–H and O–H groups in total. The van der Waals surface area contributed by atoms with E-state index in [1.807, 2.05) is 0 Å². The number of hydrogen-bond donors (Lipinski definition) is 1. The third kappa shape index (κ3) is 2.97. The third-order valence-corrected chi connectivity index (χ3v) is 3.83. The first kappa shape index (κ1) is 14.0. The van der Waals surface area contributed by atoms with E-state index in [4.69, 9.17) is 22.7 Å². The minimum Gasteiger partial charge on any atom is -0.496 e. The molecule has 0 heterocycles. The van der Waals surface area contributed by atoms with E-state index in [9.17, 15) is 0 Å². The van der Waals surface area contributed by atoms with Crippen molar-refractivity contribution in [2.24, 2.45) is 11.7 Å². The van der Waals surface area contributed by atoms with Gasteiger partial charge >= 0.3 is 0 Å². The first-order valence-corrected chi connectivity index (χ1v) is 6.22. The molecule has 0 spiro atoms. The zero-order valence-corrected chi connectivity index (χ0v) is 12.1. The summed E-state index contributed by atoms with van der Waals surface area (Å²) in [4.78, 5) is 0.581. The summed E-state index contributed by atoms with van der Waals surface area (Å²) in [7, 11) is 1.71. The van der Waals surface area contributed by atoms with E-state index in [1.165, 1.54) is 22.3 Å². The van der Waals surface area contributed by atoms with Crippen LogP contribution in [0.2, 0.25) is 0 Å². The van der Waals surface area contributed by atoms with Gasteiger partial charge in [0, 0.05) is 5.92 Å². The molecule has 0 radical (unpaired) electrons. The number of thiocarbonyl (C=S) groups is 1. The highest BCUT2D eigenvalue weighted by Gasteiger charge is 2.14. The van der Waals surface area contributed by atoms with Crippen molar-refractivity contribution in [3.8, 4) is 5.75 Å². The van der Waals surface area contributed by atoms with Gasteiger partial charge in [0.1, 0.15) is 5.75 Å². The maximum Gasteiger partial charge on any atom is 0.122 e. The maximum absolute atomic E-state index is 5.68. The van der Waals surface area contributed by atoms with Gasteiger partial charge in [0.05, 0.1) is 12.1 Å². The molecule has 1 aromatic rings. The second-order valence-corrected chi connectivity index (χ2v) is 5.10. The predicted molar refractivity (Wildman–Crippen MR) is 76.9 cm³/mol. The summed E-state index contributed by atoms with van der Waals surface area (Å²) < 4.78 is 5.36. The molecule has 1 aromatic carbocycles. The van der Waals surface area contributed by atoms with Gasteiger partial charge in [0.25, 0.3) is 0 Å². The van der Waals surface area contributed by atoms with Crippen LogP contribution in [0, 0.1) is 26.7 Å². The number of ether oxygens (including phenoxy) is 1. The molecule has 0 amide bonds. The Kier molecular flexibility index (Phi) is 4.52. The van der Waals surface area contributed by atoms with Gasteiger partial charge in [-0.3, -0.25) is 0 Å². The Labute approximate surface area is 109 Å². The average molecular weight is 251 g/mol. The molecule has 1 atom stereocenters. The van der Waals surface area contributed by atoms with Crippen LogP contribution in [0.4, 0.5) is 0 Å². The number of hydrogen-bond acceptors (Lipinski definition) is 2. The summed E-state index contributed by atoms with van der Waals surface area (Å²) in [6.07, 6.45) is 0.901. The molecule has 0 saturated heterocycles. The molecule has 3 heteroatoms. The van der Waals surface area contributed by atoms with Crippen LogP contribution in [-0.4, -0.2) is 12.1 Å². The van der Waals surface area contributed by atoms with E-state index >= 15 is 0 Å². The van der Waals surface area contributed by atoms with Gasteiger partial charge in [-0.15, -0.1) is 0 Å². The average Bonchev–Trinajstić information content (AvgIpc) is 2.28. The molecule has 0 fully saturated rings. The van der Waals surface area contributed by atoms with E-state index in [-0.39, 0.29) is 5.92 Å². The standard InChI is InChI=1S/C14H21NOS/c1-8-7-13(16-5)11(4)10(3)12(8)6-9(2)14(15)17/h7,9H,6H2,1-5H3,(H2,15,17). The van der Waals surface area contributed by atoms with Crippen LogP contribution in [0.5, 0.6) is 5.75 Å². The smallest absolute Gasteiger partial charge is 0.122 e. The van der Waals surface area contributed by atoms with E-state index in [0.717, 1.165) is 12.2 Å². The number of methoxy groups -OCH3 is 1. The number of benzene rings is 1. The molecule has 0 aromatic heterocycles. The normalized spacial score (nSPS) is 12.3. The largest absolute Gasteiger partial charge is 0.496 e. The van der Waals surface area contributed by atoms with Crippen molar-refractivity contribution in [2.75, 3.05) is 7.11 Å². The van der Waals surface area contributed by atoms with Gasteiger partial charge in [0.2, 0.25) is 0 Å². The van der Waals surface area contributed by atoms with Crippen LogP contribution in [0.25, 0.3) is 0 Å². The van der Waals surface area contributed by atoms with Crippen molar-refractivity contribution in [1.29, 1.82) is 0 Å². The van der Waals surface area contributed by atoms with Gasteiger partial charge in [-0.2, -0.15) is 0 Å². The van der Waals surface area contributed by atoms with Gasteiger partial charge in [-0.25, -0.2) is 0 Å². The summed E-state index contributed by atoms with van der Waals surface area (Å²) >= 11 is 5.04. The zero-order chi connectivity index (χ0) is 13.2. The minimum absolute atomic E-state index is 0.232. The highest BCUT2D eigenvalue weighted by molar-refractivity contribution is 7.80. The lowest BCUT2D eigenvalue weighted by atomic mass is 9.90. The van der Waals surface area contributed by atoms with E-state index < -0.39 is 0 Å². The lowest BCUT2D eigenvalue weighted by Gasteiger charge is -2.18. The van der Waals surface area contributed by atoms with Crippen LogP contribution in [-0.2, 0) is 6.42 Å². The van der Waals surface area contributed by atoms with Crippen molar-refractivity contribution >= 4 is 17.2 Å². The zero-order valence-electron chi connectivity index (χ0n) is 11.3. The summed E-state index contributed by atoms with van der Waals surface area (Å²) in [6, 6.07) is 2.09. The van der Waals surface area contributed by atoms with Crippen molar-refractivity contribution < 1.29 is 4.74 Å². The highest BCUT2D eigenvalue weighted by Crippen LogP contribution is 2.29. The molecule has 94 valence electrons. The molecular formula is C14H21NOS. The van der Waals surface area contributed by atoms with Gasteiger partial charge in [-0.05, 0) is 55.5 Å². The number of rotatable bonds is 4. The molecule has 17 heavy (non-hydrogen) atoms. The second-order valence-electron chi connectivity index (χ2n) is 4.63. The van der Waals surface area contributed by atoms with Gasteiger partial charge in [0.15, 0.2) is 0 Å². The predicted octanol–water partition coefficient (Wildman–Crippen LogP) is 3.09. The third-order valence-electron chi connectivity index (χ3n) is 3.42. The Balaban J connectivity index is 3.17. The van der Waals surface area contributed by atoms with E-state index in [1.54, 1.807) is 7.11 Å². The van der Waals surface area contributed by atoms with E-state index in [0.29, 0.717) is 4.99 Å². The molecule has 0 saturated carbocycles. The molecule has 1 unspecified atom stereocenters. The molecule has 0 aliphatic heterocycles. The van der Waals surface area contributed by atoms with Crippen LogP contribution >= 0.6 is 12.2 Å². The lowest BCUT2D eigenvalue weighted by Crippen LogP contribution is -2.21. The van der Waals surface area contributed by atoms with Crippen LogP contribution < -0.4 is 10.5 Å². The molecule has 0 bridgehead atoms. The van der Waals surface area contributed by atoms with Crippen LogP contribution in [0.15, 0.2) is 6.07 Å². The summed E-state index contributed by atoms with van der Waals surface area (Å²) in [5.41, 5.74) is 10.7. The fourth-order valence-electron chi connectivity index (χ4n) is 2.03. The molecular weight excluding hydrogens is 230 g/mol. The maximum atomic E-state index is 5.68. The van der Waals surface area contributed by atoms with Crippen molar-refractivity contribution in [3.05, 3.63) is 28.3 Å². The second kappa shape index (κ2) is 5.50. The molecule has 0 aliphatic rings. The van der Waals surface area contributed by atoms with Crippen LogP contribution in [0.3, 0.4) is 0 Å². The van der Waals surface area contributed by atoms with Gasteiger partial charge < -0.3 is 10.5 Å². The topological polar surface area (TPSA) is 35.2 Å². The van der Waals surface area contributed by atoms with Crippen LogP contribution in [0.1, 0.15) is 29.2 Å². The minimum atomic E-state index is 0.232. The Hall–Kier alpha value is -1.09. The highest BCUT2D eigenvalue weighted by atomic mass is 32.1. The monoisotopic (exact) mass is 251 g/mol. The fourth-order valence-corrected chi connectivity index (χ4v) is 2.12. The summed E-state index contributed by atoms with van der Waals surface area (Å²) in [5, 5.41) is 0. The summed E-state index contributed by atoms with van der Waals surface area (Å²) in [5.74, 6) is 1.18. The lowest BCUT2D eigenvalue weighted by molar-refractivity contribution is 0.410. The Morgan fingerprint density at radius 2 is 1.94 bits per heavy atom. The van der Waals surface area contributed by atoms with E-state index in [2.05, 4.69) is 33.8 Å². The fraction of sp³-hybridized carbons (Fsp3) is 0.500. The SMILES string of the molecule is COc1cc(C)c(CC(C)C(N)=S)c(C)c1C. The van der Waals surface area contributed by atoms with Crippen molar-refractivity contribution in [1.82, 2.24) is 0 Å². The quantitative estimate of drug-likeness (QED) is 0.835. The Bertz CT molecular complexity index is 440. The molecule has 0 aliphatic carbocycles. The Morgan fingerprint density at radius 1 is 1.35 bits per heavy atom. The first-order chi connectivity index (χ1) is 7.88. The van der Waals surface area contributed by atoms with Gasteiger partial charge in [-0.1, -0.05) is 19.1 Å². The molecule has 1 rings (SSSR count). The van der Waals surface area contributed by atoms with Crippen molar-refractivity contribution in [2.45, 2.75) is 34.1 Å². The number of aryl methyl sites for hydroxylation is 1. The van der Waals surface area contributed by atoms with Crippen molar-refractivity contribution in [3.63, 3.8) is 0 Å². The summed E-state index contributed by atoms with van der Waals surface area (Å²) in [6.45, 7) is 8.40. The Morgan fingerprint density at radius 3 is 2.41 bits per heavy atom. The first-order valence-electron chi connectivity index (χ1n) is 5.81.